The van der Waals surface area contributed by atoms with Crippen LogP contribution in [0.4, 0.5) is 5.13 Å². The van der Waals surface area contributed by atoms with Gasteiger partial charge in [-0.05, 0) is 11.4 Å². The summed E-state index contributed by atoms with van der Waals surface area (Å²) in [6.07, 6.45) is 3.04. The van der Waals surface area contributed by atoms with Crippen LogP contribution < -0.4 is 4.72 Å². The van der Waals surface area contributed by atoms with E-state index in [4.69, 9.17) is 0 Å². The second-order valence-corrected chi connectivity index (χ2v) is 7.43. The number of sulfonamides is 1. The maximum Gasteiger partial charge on any atom is 0.267 e. The van der Waals surface area contributed by atoms with Gasteiger partial charge in [-0.15, -0.1) is 22.7 Å². The number of anilines is 1. The van der Waals surface area contributed by atoms with E-state index in [-0.39, 0.29) is 4.90 Å². The van der Waals surface area contributed by atoms with Crippen molar-refractivity contribution < 1.29 is 8.42 Å². The van der Waals surface area contributed by atoms with E-state index in [1.165, 1.54) is 33.6 Å². The van der Waals surface area contributed by atoms with Crippen LogP contribution in [0.1, 0.15) is 0 Å². The van der Waals surface area contributed by atoms with E-state index < -0.39 is 10.0 Å². The van der Waals surface area contributed by atoms with Gasteiger partial charge >= 0.3 is 0 Å². The van der Waals surface area contributed by atoms with Crippen LogP contribution in [0.3, 0.4) is 0 Å². The molecule has 0 saturated carbocycles. The Morgan fingerprint density at radius 3 is 2.80 bits per heavy atom. The summed E-state index contributed by atoms with van der Waals surface area (Å²) in [5.74, 6) is 0. The van der Waals surface area contributed by atoms with Crippen molar-refractivity contribution in [2.24, 2.45) is 7.05 Å². The molecule has 3 aromatic heterocycles. The van der Waals surface area contributed by atoms with Crippen LogP contribution in [-0.4, -0.2) is 23.2 Å². The van der Waals surface area contributed by atoms with Crippen LogP contribution in [0.2, 0.25) is 0 Å². The number of aryl methyl sites for hydroxylation is 1. The minimum atomic E-state index is -3.70. The first-order chi connectivity index (χ1) is 9.56. The smallest absolute Gasteiger partial charge is 0.267 e. The van der Waals surface area contributed by atoms with Gasteiger partial charge in [0.05, 0.1) is 4.88 Å². The third kappa shape index (κ3) is 2.47. The van der Waals surface area contributed by atoms with Crippen molar-refractivity contribution in [2.45, 2.75) is 4.90 Å². The molecule has 0 amide bonds. The maximum absolute atomic E-state index is 12.4. The Bertz CT molecular complexity index is 804. The average molecular weight is 326 g/mol. The monoisotopic (exact) mass is 326 g/mol. The zero-order valence-electron chi connectivity index (χ0n) is 10.3. The Balaban J connectivity index is 2.06. The van der Waals surface area contributed by atoms with Crippen molar-refractivity contribution in [1.82, 2.24) is 14.8 Å². The number of aromatic nitrogens is 3. The molecule has 6 nitrogen and oxygen atoms in total. The largest absolute Gasteiger partial charge is 0.274 e. The van der Waals surface area contributed by atoms with Crippen molar-refractivity contribution in [3.05, 3.63) is 35.3 Å². The number of rotatable bonds is 4. The highest BCUT2D eigenvalue weighted by molar-refractivity contribution is 7.93. The minimum absolute atomic E-state index is 0.151. The van der Waals surface area contributed by atoms with Crippen molar-refractivity contribution >= 4 is 37.8 Å². The highest BCUT2D eigenvalue weighted by atomic mass is 32.2. The molecule has 0 unspecified atom stereocenters. The van der Waals surface area contributed by atoms with Crippen molar-refractivity contribution in [2.75, 3.05) is 4.72 Å². The zero-order valence-corrected chi connectivity index (χ0v) is 12.8. The van der Waals surface area contributed by atoms with Gasteiger partial charge in [0.25, 0.3) is 10.0 Å². The van der Waals surface area contributed by atoms with Gasteiger partial charge in [-0.3, -0.25) is 9.40 Å². The van der Waals surface area contributed by atoms with Crippen LogP contribution >= 0.6 is 22.7 Å². The van der Waals surface area contributed by atoms with Crippen LogP contribution in [-0.2, 0) is 17.1 Å². The molecule has 3 rings (SSSR count). The van der Waals surface area contributed by atoms with E-state index in [2.05, 4.69) is 14.8 Å². The van der Waals surface area contributed by atoms with E-state index in [1.807, 2.05) is 17.5 Å². The van der Waals surface area contributed by atoms with Gasteiger partial charge < -0.3 is 0 Å². The number of thiazole rings is 1. The number of nitrogens with zero attached hydrogens (tertiary/aromatic N) is 3. The van der Waals surface area contributed by atoms with Gasteiger partial charge in [0.15, 0.2) is 5.13 Å². The first kappa shape index (κ1) is 13.3. The quantitative estimate of drug-likeness (QED) is 0.799. The van der Waals surface area contributed by atoms with E-state index in [9.17, 15) is 8.42 Å². The molecule has 0 aromatic carbocycles. The summed E-state index contributed by atoms with van der Waals surface area (Å²) in [5, 5.41) is 8.17. The first-order valence-corrected chi connectivity index (χ1v) is 8.80. The molecule has 3 heterocycles. The summed E-state index contributed by atoms with van der Waals surface area (Å²) in [7, 11) is -2.00. The van der Waals surface area contributed by atoms with E-state index in [1.54, 1.807) is 18.6 Å². The topological polar surface area (TPSA) is 76.9 Å². The number of hydrogen-bond acceptors (Lipinski definition) is 6. The van der Waals surface area contributed by atoms with E-state index in [0.717, 1.165) is 4.88 Å². The van der Waals surface area contributed by atoms with E-state index in [0.29, 0.717) is 10.8 Å². The molecule has 0 aliphatic carbocycles. The summed E-state index contributed by atoms with van der Waals surface area (Å²) >= 11 is 2.68. The van der Waals surface area contributed by atoms with Gasteiger partial charge in [-0.25, -0.2) is 13.4 Å². The highest BCUT2D eigenvalue weighted by Gasteiger charge is 2.24. The molecule has 0 spiro atoms. The molecule has 9 heteroatoms. The Kier molecular flexibility index (Phi) is 3.32. The second kappa shape index (κ2) is 5.00. The maximum atomic E-state index is 12.4. The molecule has 104 valence electrons. The lowest BCUT2D eigenvalue weighted by Crippen LogP contribution is -2.13. The van der Waals surface area contributed by atoms with Gasteiger partial charge in [0.1, 0.15) is 10.6 Å². The third-order valence-corrected chi connectivity index (χ3v) is 5.53. The SMILES string of the molecule is Cn1cc(S(=O)(=O)Nc2nccs2)c(-c2cccs2)n1. The summed E-state index contributed by atoms with van der Waals surface area (Å²) in [5.41, 5.74) is 0.451. The summed E-state index contributed by atoms with van der Waals surface area (Å²) in [6, 6.07) is 3.70. The predicted octanol–water partition coefficient (Wildman–Crippen LogP) is 2.41. The number of nitrogens with one attached hydrogen (secondary N) is 1. The average Bonchev–Trinajstić information content (AvgIpc) is 3.06. The Morgan fingerprint density at radius 2 is 2.15 bits per heavy atom. The normalized spacial score (nSPS) is 11.7. The molecule has 0 aliphatic heterocycles. The molecule has 20 heavy (non-hydrogen) atoms. The molecule has 0 bridgehead atoms. The fourth-order valence-electron chi connectivity index (χ4n) is 1.69. The molecule has 0 saturated heterocycles. The number of hydrogen-bond donors (Lipinski definition) is 1. The molecule has 3 aromatic rings. The van der Waals surface area contributed by atoms with Crippen LogP contribution in [0.5, 0.6) is 0 Å². The fourth-order valence-corrected chi connectivity index (χ4v) is 4.46. The molecule has 0 fully saturated rings. The van der Waals surface area contributed by atoms with Crippen molar-refractivity contribution in [1.29, 1.82) is 0 Å². The lowest BCUT2D eigenvalue weighted by atomic mass is 10.3. The molecule has 0 atom stereocenters. The Morgan fingerprint density at radius 1 is 1.30 bits per heavy atom. The lowest BCUT2D eigenvalue weighted by Gasteiger charge is -2.03. The Labute approximate surface area is 123 Å². The van der Waals surface area contributed by atoms with Crippen LogP contribution in [0.15, 0.2) is 40.2 Å². The highest BCUT2D eigenvalue weighted by Crippen LogP contribution is 2.30. The molecular formula is C11H10N4O2S3. The standard InChI is InChI=1S/C11H10N4O2S3/c1-15-7-9(10(13-15)8-3-2-5-18-8)20(16,17)14-11-12-4-6-19-11/h2-7H,1H3,(H,12,14). The molecule has 0 aliphatic rings. The van der Waals surface area contributed by atoms with E-state index >= 15 is 0 Å². The molecular weight excluding hydrogens is 316 g/mol. The van der Waals surface area contributed by atoms with Crippen molar-refractivity contribution in [3.63, 3.8) is 0 Å². The van der Waals surface area contributed by atoms with Gasteiger partial charge in [-0.1, -0.05) is 6.07 Å². The Hall–Kier alpha value is -1.71. The number of thiophene rings is 1. The van der Waals surface area contributed by atoms with Crippen LogP contribution in [0.25, 0.3) is 10.6 Å². The zero-order chi connectivity index (χ0) is 14.2. The molecule has 0 radical (unpaired) electrons. The second-order valence-electron chi connectivity index (χ2n) is 3.94. The molecule has 1 N–H and O–H groups in total. The van der Waals surface area contributed by atoms with Crippen molar-refractivity contribution in [3.8, 4) is 10.6 Å². The summed E-state index contributed by atoms with van der Waals surface area (Å²) in [6.45, 7) is 0. The lowest BCUT2D eigenvalue weighted by molar-refractivity contribution is 0.601. The van der Waals surface area contributed by atoms with Gasteiger partial charge in [0.2, 0.25) is 0 Å². The van der Waals surface area contributed by atoms with Gasteiger partial charge in [-0.2, -0.15) is 5.10 Å². The minimum Gasteiger partial charge on any atom is -0.274 e. The first-order valence-electron chi connectivity index (χ1n) is 5.56. The van der Waals surface area contributed by atoms with Gasteiger partial charge in [0, 0.05) is 24.8 Å². The summed E-state index contributed by atoms with van der Waals surface area (Å²) < 4.78 is 28.8. The predicted molar refractivity (Wildman–Crippen MR) is 79.4 cm³/mol. The van der Waals surface area contributed by atoms with Crippen LogP contribution in [0, 0.1) is 0 Å². The fraction of sp³-hybridized carbons (Fsp3) is 0.0909. The summed E-state index contributed by atoms with van der Waals surface area (Å²) in [4.78, 5) is 4.89. The third-order valence-electron chi connectivity index (χ3n) is 2.49.